The number of hydrogen-bond acceptors (Lipinski definition) is 7. The molecular formula is C16H17N5S2. The summed E-state index contributed by atoms with van der Waals surface area (Å²) in [7, 11) is 0. The van der Waals surface area contributed by atoms with Crippen molar-refractivity contribution in [2.24, 2.45) is 0 Å². The molecule has 23 heavy (non-hydrogen) atoms. The largest absolute Gasteiger partial charge is 0.375 e. The molecule has 4 rings (SSSR count). The minimum atomic E-state index is 0.580. The van der Waals surface area contributed by atoms with E-state index in [2.05, 4.69) is 44.5 Å². The van der Waals surface area contributed by atoms with E-state index in [9.17, 15) is 0 Å². The zero-order chi connectivity index (χ0) is 15.6. The average molecular weight is 343 g/mol. The van der Waals surface area contributed by atoms with Gasteiger partial charge in [-0.15, -0.1) is 11.3 Å². The van der Waals surface area contributed by atoms with Crippen molar-refractivity contribution in [2.75, 3.05) is 36.8 Å². The summed E-state index contributed by atoms with van der Waals surface area (Å²) in [5.74, 6) is 0. The van der Waals surface area contributed by atoms with Crippen molar-refractivity contribution in [2.45, 2.75) is 0 Å². The number of nitrogen functional groups attached to an aromatic ring is 1. The Morgan fingerprint density at radius 1 is 1.13 bits per heavy atom. The Bertz CT molecular complexity index is 773. The van der Waals surface area contributed by atoms with Crippen LogP contribution in [0.25, 0.3) is 21.1 Å². The SMILES string of the molecule is Nc1nc(-c2nccs2)c(-c2ccc(N3CCNCC3)cc2)s1. The molecular weight excluding hydrogens is 326 g/mol. The lowest BCUT2D eigenvalue weighted by atomic mass is 10.1. The van der Waals surface area contributed by atoms with Gasteiger partial charge >= 0.3 is 0 Å². The maximum Gasteiger partial charge on any atom is 0.181 e. The minimum Gasteiger partial charge on any atom is -0.375 e. The van der Waals surface area contributed by atoms with Crippen molar-refractivity contribution in [1.29, 1.82) is 0 Å². The van der Waals surface area contributed by atoms with Crippen LogP contribution in [0.3, 0.4) is 0 Å². The Labute approximate surface area is 142 Å². The molecule has 0 unspecified atom stereocenters. The predicted molar refractivity (Wildman–Crippen MR) is 98.2 cm³/mol. The van der Waals surface area contributed by atoms with E-state index < -0.39 is 0 Å². The van der Waals surface area contributed by atoms with Crippen LogP contribution >= 0.6 is 22.7 Å². The van der Waals surface area contributed by atoms with Gasteiger partial charge in [-0.25, -0.2) is 9.97 Å². The predicted octanol–water partition coefficient (Wildman–Crippen LogP) is 2.93. The Morgan fingerprint density at radius 2 is 1.91 bits per heavy atom. The molecule has 0 atom stereocenters. The number of anilines is 2. The molecule has 7 heteroatoms. The van der Waals surface area contributed by atoms with Gasteiger partial charge in [-0.3, -0.25) is 0 Å². The summed E-state index contributed by atoms with van der Waals surface area (Å²) in [6, 6.07) is 8.67. The first-order valence-electron chi connectivity index (χ1n) is 7.53. The van der Waals surface area contributed by atoms with Crippen molar-refractivity contribution in [3.63, 3.8) is 0 Å². The van der Waals surface area contributed by atoms with Gasteiger partial charge in [-0.1, -0.05) is 23.5 Å². The molecule has 3 N–H and O–H groups in total. The first-order chi connectivity index (χ1) is 11.3. The van der Waals surface area contributed by atoms with Crippen molar-refractivity contribution in [3.8, 4) is 21.1 Å². The van der Waals surface area contributed by atoms with Crippen molar-refractivity contribution >= 4 is 33.5 Å². The zero-order valence-electron chi connectivity index (χ0n) is 12.5. The smallest absolute Gasteiger partial charge is 0.181 e. The standard InChI is InChI=1S/C16H17N5S2/c17-16-20-13(15-19-7-10-22-15)14(23-16)11-1-3-12(4-2-11)21-8-5-18-6-9-21/h1-4,7,10,18H,5-6,8-9H2,(H2,17,20). The highest BCUT2D eigenvalue weighted by Crippen LogP contribution is 2.39. The molecule has 1 aliphatic rings. The normalized spacial score (nSPS) is 15.0. The van der Waals surface area contributed by atoms with E-state index in [1.807, 2.05) is 5.38 Å². The molecule has 3 heterocycles. The Hall–Kier alpha value is -1.96. The van der Waals surface area contributed by atoms with Crippen molar-refractivity contribution in [3.05, 3.63) is 35.8 Å². The van der Waals surface area contributed by atoms with E-state index in [0.717, 1.165) is 47.3 Å². The van der Waals surface area contributed by atoms with Crippen molar-refractivity contribution in [1.82, 2.24) is 15.3 Å². The van der Waals surface area contributed by atoms with Crippen LogP contribution in [0, 0.1) is 0 Å². The first kappa shape index (κ1) is 14.6. The number of aromatic nitrogens is 2. The van der Waals surface area contributed by atoms with Gasteiger partial charge in [0.15, 0.2) is 5.13 Å². The fraction of sp³-hybridized carbons (Fsp3) is 0.250. The summed E-state index contributed by atoms with van der Waals surface area (Å²) in [4.78, 5) is 12.3. The number of benzene rings is 1. The molecule has 0 amide bonds. The van der Waals surface area contributed by atoms with E-state index in [-0.39, 0.29) is 0 Å². The van der Waals surface area contributed by atoms with E-state index >= 15 is 0 Å². The molecule has 0 spiro atoms. The lowest BCUT2D eigenvalue weighted by Gasteiger charge is -2.29. The van der Waals surface area contributed by atoms with Crippen LogP contribution in [0.4, 0.5) is 10.8 Å². The summed E-state index contributed by atoms with van der Waals surface area (Å²) in [5.41, 5.74) is 9.23. The number of nitrogens with zero attached hydrogens (tertiary/aromatic N) is 3. The monoisotopic (exact) mass is 343 g/mol. The molecule has 1 saturated heterocycles. The van der Waals surface area contributed by atoms with Crippen LogP contribution in [-0.4, -0.2) is 36.1 Å². The zero-order valence-corrected chi connectivity index (χ0v) is 14.2. The molecule has 118 valence electrons. The summed E-state index contributed by atoms with van der Waals surface area (Å²) in [5, 5.41) is 6.84. The highest BCUT2D eigenvalue weighted by molar-refractivity contribution is 7.20. The van der Waals surface area contributed by atoms with E-state index in [1.54, 1.807) is 17.5 Å². The van der Waals surface area contributed by atoms with Gasteiger partial charge < -0.3 is 16.0 Å². The maximum atomic E-state index is 5.94. The molecule has 0 radical (unpaired) electrons. The summed E-state index contributed by atoms with van der Waals surface area (Å²) < 4.78 is 0. The molecule has 5 nitrogen and oxygen atoms in total. The molecule has 2 aromatic heterocycles. The van der Waals surface area contributed by atoms with Crippen LogP contribution in [-0.2, 0) is 0 Å². The fourth-order valence-electron chi connectivity index (χ4n) is 2.76. The number of thiazole rings is 2. The second-order valence-electron chi connectivity index (χ2n) is 5.35. The first-order valence-corrected chi connectivity index (χ1v) is 9.23. The Kier molecular flexibility index (Phi) is 3.99. The Balaban J connectivity index is 1.66. The van der Waals surface area contributed by atoms with Crippen LogP contribution in [0.2, 0.25) is 0 Å². The van der Waals surface area contributed by atoms with Crippen LogP contribution in [0.1, 0.15) is 0 Å². The minimum absolute atomic E-state index is 0.580. The lowest BCUT2D eigenvalue weighted by Crippen LogP contribution is -2.43. The van der Waals surface area contributed by atoms with Crippen LogP contribution in [0.5, 0.6) is 0 Å². The van der Waals surface area contributed by atoms with E-state index in [1.165, 1.54) is 17.0 Å². The summed E-state index contributed by atoms with van der Waals surface area (Å²) in [6.07, 6.45) is 1.80. The third-order valence-electron chi connectivity index (χ3n) is 3.89. The van der Waals surface area contributed by atoms with Gasteiger partial charge in [-0.2, -0.15) is 0 Å². The number of nitrogens with two attached hydrogens (primary N) is 1. The fourth-order valence-corrected chi connectivity index (χ4v) is 4.30. The maximum absolute atomic E-state index is 5.94. The van der Waals surface area contributed by atoms with Gasteiger partial charge in [0.1, 0.15) is 10.7 Å². The molecule has 3 aromatic rings. The molecule has 0 saturated carbocycles. The highest BCUT2D eigenvalue weighted by Gasteiger charge is 2.16. The number of rotatable bonds is 3. The molecule has 0 aliphatic carbocycles. The van der Waals surface area contributed by atoms with Crippen molar-refractivity contribution < 1.29 is 0 Å². The quantitative estimate of drug-likeness (QED) is 0.765. The number of hydrogen-bond donors (Lipinski definition) is 2. The van der Waals surface area contributed by atoms with Crippen LogP contribution in [0.15, 0.2) is 35.8 Å². The summed E-state index contributed by atoms with van der Waals surface area (Å²) in [6.45, 7) is 4.19. The topological polar surface area (TPSA) is 67.1 Å². The highest BCUT2D eigenvalue weighted by atomic mass is 32.1. The van der Waals surface area contributed by atoms with Gasteiger partial charge in [0.25, 0.3) is 0 Å². The molecule has 1 aromatic carbocycles. The van der Waals surface area contributed by atoms with E-state index in [4.69, 9.17) is 5.73 Å². The summed E-state index contributed by atoms with van der Waals surface area (Å²) >= 11 is 3.10. The van der Waals surface area contributed by atoms with Gasteiger partial charge in [0, 0.05) is 43.4 Å². The Morgan fingerprint density at radius 3 is 2.61 bits per heavy atom. The molecule has 0 bridgehead atoms. The molecule has 1 aliphatic heterocycles. The van der Waals surface area contributed by atoms with Gasteiger partial charge in [-0.05, 0) is 17.7 Å². The van der Waals surface area contributed by atoms with E-state index in [0.29, 0.717) is 5.13 Å². The molecule has 1 fully saturated rings. The lowest BCUT2D eigenvalue weighted by molar-refractivity contribution is 0.589. The third kappa shape index (κ3) is 2.95. The number of nitrogens with one attached hydrogen (secondary N) is 1. The third-order valence-corrected chi connectivity index (χ3v) is 5.60. The van der Waals surface area contributed by atoms with Gasteiger partial charge in [0.05, 0.1) is 4.88 Å². The second-order valence-corrected chi connectivity index (χ2v) is 7.28. The van der Waals surface area contributed by atoms with Crippen LogP contribution < -0.4 is 16.0 Å². The van der Waals surface area contributed by atoms with Gasteiger partial charge in [0.2, 0.25) is 0 Å². The second kappa shape index (κ2) is 6.27. The number of piperazine rings is 1. The average Bonchev–Trinajstić information content (AvgIpc) is 3.25.